The van der Waals surface area contributed by atoms with Gasteiger partial charge in [-0.2, -0.15) is 0 Å². The smallest absolute Gasteiger partial charge is 0.335 e. The lowest BCUT2D eigenvalue weighted by Crippen LogP contribution is -2.91. The second kappa shape index (κ2) is 7.43. The van der Waals surface area contributed by atoms with Gasteiger partial charge in [-0.05, 0) is 98.7 Å². The third-order valence-corrected chi connectivity index (χ3v) is 9.39. The van der Waals surface area contributed by atoms with Crippen LogP contribution >= 0.6 is 0 Å². The summed E-state index contributed by atoms with van der Waals surface area (Å²) in [7, 11) is -3.48. The first-order valence-electron chi connectivity index (χ1n) is 11.9. The van der Waals surface area contributed by atoms with Crippen LogP contribution in [0.1, 0.15) is 83.5 Å². The summed E-state index contributed by atoms with van der Waals surface area (Å²) in [5.74, 6) is 7.44. The molecule has 8 aliphatic carbocycles. The van der Waals surface area contributed by atoms with Crippen LogP contribution in [0.15, 0.2) is 0 Å². The average molecular weight is 442 g/mol. The lowest BCUT2D eigenvalue weighted by atomic mass is 9.49. The van der Waals surface area contributed by atoms with Crippen molar-refractivity contribution in [3.63, 3.8) is 0 Å². The number of hydrogen-bond acceptors (Lipinski definition) is 4. The molecule has 30 heavy (non-hydrogen) atoms. The van der Waals surface area contributed by atoms with E-state index < -0.39 is 10.5 Å². The predicted molar refractivity (Wildman–Crippen MR) is 110 cm³/mol. The highest BCUT2D eigenvalue weighted by Crippen LogP contribution is 2.61. The second-order valence-electron chi connectivity index (χ2n) is 11.9. The van der Waals surface area contributed by atoms with Gasteiger partial charge in [-0.1, -0.05) is 0 Å². The van der Waals surface area contributed by atoms with Gasteiger partial charge in [0.1, 0.15) is 0 Å². The van der Waals surface area contributed by atoms with Crippen molar-refractivity contribution in [2.75, 3.05) is 7.11 Å². The molecule has 0 aromatic heterocycles. The molecule has 0 aliphatic heterocycles. The zero-order valence-corrected chi connectivity index (χ0v) is 18.9. The Labute approximate surface area is 180 Å². The maximum absolute atomic E-state index is 10.1. The zero-order valence-electron chi connectivity index (χ0n) is 18.1. The minimum atomic E-state index is -5.42. The van der Waals surface area contributed by atoms with Crippen LogP contribution in [-0.4, -0.2) is 31.5 Å². The molecule has 7 heteroatoms. The molecule has 0 aromatic carbocycles. The Bertz CT molecular complexity index is 729. The van der Waals surface area contributed by atoms with Crippen LogP contribution in [0, 0.1) is 40.9 Å². The monoisotopic (exact) mass is 441 g/mol. The molecule has 0 amide bonds. The highest BCUT2D eigenvalue weighted by Gasteiger charge is 2.56. The van der Waals surface area contributed by atoms with Crippen molar-refractivity contribution in [2.24, 2.45) is 40.9 Å². The van der Waals surface area contributed by atoms with Gasteiger partial charge in [-0.3, -0.25) is 0 Å². The largest absolute Gasteiger partial charge is 0.722 e. The topological polar surface area (TPSA) is 80.4 Å². The maximum Gasteiger partial charge on any atom is 0.335 e. The highest BCUT2D eigenvalue weighted by molar-refractivity contribution is 7.80. The standard InChI is InChI=1S/C23H35NO.FHO3S/c1-25-21(14-22-8-15-2-16(9-22)4-17(3-15)10-22)24-23-11-18-5-19(12-23)7-20(6-18)13-23;1-5(2,3)4/h15-20H,2-14H2,1H3;(H,2,3,4). The minimum Gasteiger partial charge on any atom is -0.722 e. The van der Waals surface area contributed by atoms with E-state index in [-0.39, 0.29) is 0 Å². The maximum atomic E-state index is 10.1. The molecule has 1 N–H and O–H groups in total. The van der Waals surface area contributed by atoms with E-state index in [0.29, 0.717) is 11.0 Å². The molecule has 8 saturated carbocycles. The van der Waals surface area contributed by atoms with Gasteiger partial charge < -0.3 is 9.29 Å². The van der Waals surface area contributed by atoms with E-state index in [0.717, 1.165) is 35.5 Å². The molecule has 0 heterocycles. The van der Waals surface area contributed by atoms with E-state index >= 15 is 0 Å². The Kier molecular flexibility index (Phi) is 5.24. The Balaban J connectivity index is 0.000000349. The van der Waals surface area contributed by atoms with Crippen LogP contribution in [0.4, 0.5) is 3.89 Å². The van der Waals surface area contributed by atoms with Crippen molar-refractivity contribution in [1.29, 1.82) is 0 Å². The Morgan fingerprint density at radius 2 is 1.20 bits per heavy atom. The third kappa shape index (κ3) is 4.43. The number of halogens is 1. The van der Waals surface area contributed by atoms with Crippen LogP contribution < -0.4 is 4.99 Å². The van der Waals surface area contributed by atoms with E-state index in [2.05, 4.69) is 4.99 Å². The van der Waals surface area contributed by atoms with Crippen molar-refractivity contribution in [3.05, 3.63) is 0 Å². The number of nitrogens with one attached hydrogen (secondary N) is 1. The lowest BCUT2D eigenvalue weighted by Gasteiger charge is -2.56. The average Bonchev–Trinajstić information content (AvgIpc) is 2.56. The molecule has 5 nitrogen and oxygen atoms in total. The Hall–Kier alpha value is -0.690. The van der Waals surface area contributed by atoms with E-state index in [1.54, 1.807) is 19.3 Å². The molecular formula is C23H36FNO4S. The molecule has 0 saturated heterocycles. The quantitative estimate of drug-likeness (QED) is 0.316. The molecule has 170 valence electrons. The summed E-state index contributed by atoms with van der Waals surface area (Å²) in [4.78, 5) is 4.08. The van der Waals surface area contributed by atoms with E-state index in [9.17, 15) is 3.89 Å². The summed E-state index contributed by atoms with van der Waals surface area (Å²) < 4.78 is 41.4. The van der Waals surface area contributed by atoms with Crippen LogP contribution in [0.5, 0.6) is 0 Å². The minimum absolute atomic E-state index is 0.405. The summed E-state index contributed by atoms with van der Waals surface area (Å²) in [5.41, 5.74) is 0.998. The Morgan fingerprint density at radius 1 is 0.867 bits per heavy atom. The first kappa shape index (κ1) is 21.2. The number of hydrogen-bond donors (Lipinski definition) is 1. The van der Waals surface area contributed by atoms with Crippen LogP contribution in [0.25, 0.3) is 0 Å². The van der Waals surface area contributed by atoms with E-state index in [1.807, 2.05) is 7.11 Å². The molecule has 8 fully saturated rings. The van der Waals surface area contributed by atoms with Gasteiger partial charge in [0.25, 0.3) is 10.5 Å². The van der Waals surface area contributed by atoms with E-state index in [4.69, 9.17) is 17.7 Å². The van der Waals surface area contributed by atoms with Gasteiger partial charge in [0.2, 0.25) is 0 Å². The summed E-state index contributed by atoms with van der Waals surface area (Å²) >= 11 is 0. The molecule has 8 rings (SSSR count). The van der Waals surface area contributed by atoms with Crippen molar-refractivity contribution in [2.45, 2.75) is 89.0 Å². The number of methoxy groups -OCH3 is 1. The van der Waals surface area contributed by atoms with Gasteiger partial charge in [0, 0.05) is 19.3 Å². The van der Waals surface area contributed by atoms with Gasteiger partial charge in [-0.15, -0.1) is 3.89 Å². The third-order valence-electron chi connectivity index (χ3n) is 9.39. The molecular weight excluding hydrogens is 405 g/mol. The van der Waals surface area contributed by atoms with Gasteiger partial charge >= 0.3 is 5.90 Å². The van der Waals surface area contributed by atoms with Crippen molar-refractivity contribution in [3.8, 4) is 0 Å². The first-order valence-corrected chi connectivity index (χ1v) is 13.3. The van der Waals surface area contributed by atoms with Crippen molar-refractivity contribution >= 4 is 16.4 Å². The molecule has 8 bridgehead atoms. The van der Waals surface area contributed by atoms with Crippen LogP contribution in [-0.2, 0) is 15.2 Å². The summed E-state index contributed by atoms with van der Waals surface area (Å²) in [5, 5.41) is 0. The van der Waals surface area contributed by atoms with Gasteiger partial charge in [-0.25, -0.2) is 13.4 Å². The summed E-state index contributed by atoms with van der Waals surface area (Å²) in [6, 6.07) is 0. The molecule has 0 aromatic rings. The van der Waals surface area contributed by atoms with Crippen LogP contribution in [0.2, 0.25) is 0 Å². The first-order chi connectivity index (χ1) is 14.1. The lowest BCUT2D eigenvalue weighted by molar-refractivity contribution is -0.583. The number of rotatable bonds is 3. The molecule has 0 unspecified atom stereocenters. The molecule has 0 radical (unpaired) electrons. The summed E-state index contributed by atoms with van der Waals surface area (Å²) in [6.07, 6.45) is 19.2. The number of ether oxygens (including phenoxy) is 1. The molecule has 0 atom stereocenters. The fourth-order valence-corrected chi connectivity index (χ4v) is 9.57. The zero-order chi connectivity index (χ0) is 21.1. The second-order valence-corrected chi connectivity index (χ2v) is 12.7. The normalized spacial score (nSPS) is 48.4. The fraction of sp³-hybridized carbons (Fsp3) is 0.957. The van der Waals surface area contributed by atoms with E-state index in [1.165, 1.54) is 70.1 Å². The van der Waals surface area contributed by atoms with Crippen molar-refractivity contribution in [1.82, 2.24) is 0 Å². The summed E-state index contributed by atoms with van der Waals surface area (Å²) in [6.45, 7) is 0. The van der Waals surface area contributed by atoms with Crippen LogP contribution in [0.3, 0.4) is 0 Å². The molecule has 8 aliphatic rings. The predicted octanol–water partition coefficient (Wildman–Crippen LogP) is 3.10. The van der Waals surface area contributed by atoms with Crippen molar-refractivity contribution < 1.29 is 26.6 Å². The van der Waals surface area contributed by atoms with Gasteiger partial charge in [0.15, 0.2) is 5.54 Å². The fourth-order valence-electron chi connectivity index (χ4n) is 9.57. The molecule has 0 spiro atoms. The highest BCUT2D eigenvalue weighted by atomic mass is 32.3. The SMILES string of the molecule is COC(CC12CC3CC(CC(C3)C1)C2)=[NH+]C12CC3CC(CC(C3)C1)C2.O=S(=O)([O-])F. The Morgan fingerprint density at radius 3 is 1.53 bits per heavy atom. The van der Waals surface area contributed by atoms with Gasteiger partial charge in [0.05, 0.1) is 13.5 Å².